The molecule has 152 valence electrons. The zero-order valence-electron chi connectivity index (χ0n) is 16.3. The zero-order valence-corrected chi connectivity index (χ0v) is 17.1. The van der Waals surface area contributed by atoms with Gasteiger partial charge in [0.25, 0.3) is 0 Å². The Bertz CT molecular complexity index is 733. The van der Waals surface area contributed by atoms with Crippen LogP contribution in [0.4, 0.5) is 5.69 Å². The highest BCUT2D eigenvalue weighted by molar-refractivity contribution is 8.15. The fourth-order valence-electron chi connectivity index (χ4n) is 2.66. The van der Waals surface area contributed by atoms with Crippen molar-refractivity contribution in [3.05, 3.63) is 29.8 Å². The smallest absolute Gasteiger partial charge is 0.238 e. The quantitative estimate of drug-likeness (QED) is 0.636. The number of hydrogen-bond acceptors (Lipinski definition) is 6. The van der Waals surface area contributed by atoms with Gasteiger partial charge in [0, 0.05) is 25.2 Å². The maximum atomic E-state index is 12.6. The van der Waals surface area contributed by atoms with Crippen LogP contribution in [0.1, 0.15) is 56.3 Å². The number of aromatic carboxylic acids is 1. The first kappa shape index (κ1) is 21.9. The minimum Gasteiger partial charge on any atom is -0.545 e. The minimum absolute atomic E-state index is 0.0390. The predicted octanol–water partition coefficient (Wildman–Crippen LogP) is 2.28. The largest absolute Gasteiger partial charge is 0.545 e. The molecular formula is C20H26N3O4S-. The normalized spacial score (nSPS) is 18.4. The Hall–Kier alpha value is -2.35. The Kier molecular flexibility index (Phi) is 8.50. The Morgan fingerprint density at radius 1 is 1.21 bits per heavy atom. The first-order valence-corrected chi connectivity index (χ1v) is 10.5. The van der Waals surface area contributed by atoms with E-state index in [2.05, 4.69) is 24.2 Å². The Balaban J connectivity index is 2.07. The number of carboxylic acids is 1. The summed E-state index contributed by atoms with van der Waals surface area (Å²) in [6.07, 6.45) is 3.92. The summed E-state index contributed by atoms with van der Waals surface area (Å²) in [5.41, 5.74) is 0.512. The number of nitrogens with zero attached hydrogens (tertiary/aromatic N) is 2. The number of aliphatic imine (C=N–C) groups is 1. The van der Waals surface area contributed by atoms with E-state index in [1.807, 2.05) is 0 Å². The fourth-order valence-corrected chi connectivity index (χ4v) is 3.79. The second kappa shape index (κ2) is 10.8. The highest BCUT2D eigenvalue weighted by Crippen LogP contribution is 2.28. The van der Waals surface area contributed by atoms with E-state index in [0.29, 0.717) is 23.9 Å². The molecule has 1 aliphatic rings. The van der Waals surface area contributed by atoms with Gasteiger partial charge in [0.1, 0.15) is 5.25 Å². The number of amidine groups is 1. The average Bonchev–Trinajstić information content (AvgIpc) is 2.67. The number of thioether (sulfide) groups is 1. The van der Waals surface area contributed by atoms with Crippen LogP contribution in [-0.4, -0.2) is 46.2 Å². The van der Waals surface area contributed by atoms with Crippen LogP contribution in [0.5, 0.6) is 0 Å². The topological polar surface area (TPSA) is 102 Å². The summed E-state index contributed by atoms with van der Waals surface area (Å²) in [6, 6.07) is 5.74. The molecule has 1 saturated heterocycles. The molecule has 1 aliphatic heterocycles. The van der Waals surface area contributed by atoms with Gasteiger partial charge >= 0.3 is 0 Å². The monoisotopic (exact) mass is 404 g/mol. The number of hydrogen-bond donors (Lipinski definition) is 1. The van der Waals surface area contributed by atoms with Gasteiger partial charge in [-0.3, -0.25) is 19.5 Å². The van der Waals surface area contributed by atoms with Crippen LogP contribution in [0.2, 0.25) is 0 Å². The van der Waals surface area contributed by atoms with Crippen LogP contribution >= 0.6 is 11.8 Å². The molecular weight excluding hydrogens is 378 g/mol. The van der Waals surface area contributed by atoms with E-state index in [1.165, 1.54) is 36.0 Å². The van der Waals surface area contributed by atoms with Crippen LogP contribution in [0.15, 0.2) is 29.3 Å². The second-order valence-corrected chi connectivity index (χ2v) is 7.75. The number of carboxylic acid groups (broad SMARTS) is 1. The maximum Gasteiger partial charge on any atom is 0.238 e. The molecule has 0 aromatic heterocycles. The van der Waals surface area contributed by atoms with Crippen molar-refractivity contribution >= 4 is 40.4 Å². The van der Waals surface area contributed by atoms with E-state index in [9.17, 15) is 19.5 Å². The van der Waals surface area contributed by atoms with Gasteiger partial charge in [-0.05, 0) is 30.5 Å². The van der Waals surface area contributed by atoms with Crippen molar-refractivity contribution in [3.63, 3.8) is 0 Å². The van der Waals surface area contributed by atoms with Crippen molar-refractivity contribution in [1.82, 2.24) is 4.90 Å². The number of amides is 2. The molecule has 0 aliphatic carbocycles. The third-order valence-electron chi connectivity index (χ3n) is 4.31. The lowest BCUT2D eigenvalue weighted by Crippen LogP contribution is -2.45. The van der Waals surface area contributed by atoms with Gasteiger partial charge in [0.2, 0.25) is 11.8 Å². The number of carbonyl (C=O) groups is 3. The van der Waals surface area contributed by atoms with E-state index in [0.717, 1.165) is 25.7 Å². The molecule has 28 heavy (non-hydrogen) atoms. The third-order valence-corrected chi connectivity index (χ3v) is 5.54. The molecule has 1 fully saturated rings. The standard InChI is InChI=1S/C20H27N3O4S/c1-3-5-11-21-20-23(12-6-4-2)17(24)13-16(28-20)18(25)22-15-9-7-14(8-10-15)19(26)27/h7-10,16H,3-6,11-13H2,1-2H3,(H,22,25)(H,26,27)/p-1/t16-/m1/s1. The number of unbranched alkanes of at least 4 members (excludes halogenated alkanes) is 2. The van der Waals surface area contributed by atoms with Gasteiger partial charge in [-0.25, -0.2) is 0 Å². The van der Waals surface area contributed by atoms with Crippen molar-refractivity contribution in [1.29, 1.82) is 0 Å². The molecule has 1 aromatic rings. The van der Waals surface area contributed by atoms with E-state index < -0.39 is 11.2 Å². The molecule has 7 nitrogen and oxygen atoms in total. The molecule has 1 heterocycles. The lowest BCUT2D eigenvalue weighted by atomic mass is 10.2. The van der Waals surface area contributed by atoms with E-state index in [4.69, 9.17) is 0 Å². The Morgan fingerprint density at radius 2 is 1.89 bits per heavy atom. The fraction of sp³-hybridized carbons (Fsp3) is 0.500. The Labute approximate surface area is 169 Å². The van der Waals surface area contributed by atoms with Crippen molar-refractivity contribution in [3.8, 4) is 0 Å². The summed E-state index contributed by atoms with van der Waals surface area (Å²) in [7, 11) is 0. The summed E-state index contributed by atoms with van der Waals surface area (Å²) >= 11 is 1.32. The van der Waals surface area contributed by atoms with Gasteiger partial charge in [-0.2, -0.15) is 0 Å². The first-order valence-electron chi connectivity index (χ1n) is 9.60. The van der Waals surface area contributed by atoms with Crippen LogP contribution < -0.4 is 10.4 Å². The van der Waals surface area contributed by atoms with Crippen LogP contribution in [-0.2, 0) is 9.59 Å². The summed E-state index contributed by atoms with van der Waals surface area (Å²) in [6.45, 7) is 5.40. The van der Waals surface area contributed by atoms with E-state index >= 15 is 0 Å². The highest BCUT2D eigenvalue weighted by Gasteiger charge is 2.35. The summed E-state index contributed by atoms with van der Waals surface area (Å²) in [5, 5.41) is 13.6. The van der Waals surface area contributed by atoms with Crippen molar-refractivity contribution in [2.75, 3.05) is 18.4 Å². The minimum atomic E-state index is -1.27. The van der Waals surface area contributed by atoms with Gasteiger partial charge in [-0.15, -0.1) is 0 Å². The van der Waals surface area contributed by atoms with Gasteiger partial charge in [0.05, 0.1) is 5.97 Å². The number of anilines is 1. The molecule has 0 radical (unpaired) electrons. The third kappa shape index (κ3) is 6.09. The number of nitrogens with one attached hydrogen (secondary N) is 1. The second-order valence-electron chi connectivity index (χ2n) is 6.58. The summed E-state index contributed by atoms with van der Waals surface area (Å²) in [5.74, 6) is -1.65. The molecule has 1 aromatic carbocycles. The molecule has 2 rings (SSSR count). The molecule has 0 unspecified atom stereocenters. The van der Waals surface area contributed by atoms with Gasteiger partial charge in [-0.1, -0.05) is 50.6 Å². The lowest BCUT2D eigenvalue weighted by molar-refractivity contribution is -0.255. The molecule has 8 heteroatoms. The first-order chi connectivity index (χ1) is 13.5. The van der Waals surface area contributed by atoms with Crippen molar-refractivity contribution < 1.29 is 19.5 Å². The molecule has 0 bridgehead atoms. The van der Waals surface area contributed by atoms with Crippen LogP contribution in [0.3, 0.4) is 0 Å². The lowest BCUT2D eigenvalue weighted by Gasteiger charge is -2.31. The van der Waals surface area contributed by atoms with E-state index in [1.54, 1.807) is 4.90 Å². The molecule has 1 atom stereocenters. The predicted molar refractivity (Wildman–Crippen MR) is 109 cm³/mol. The van der Waals surface area contributed by atoms with Crippen molar-refractivity contribution in [2.24, 2.45) is 4.99 Å². The Morgan fingerprint density at radius 3 is 2.50 bits per heavy atom. The van der Waals surface area contributed by atoms with E-state index in [-0.39, 0.29) is 23.8 Å². The molecule has 0 saturated carbocycles. The van der Waals surface area contributed by atoms with Gasteiger partial charge < -0.3 is 15.2 Å². The van der Waals surface area contributed by atoms with Gasteiger partial charge in [0.15, 0.2) is 5.17 Å². The molecule has 1 N–H and O–H groups in total. The SMILES string of the molecule is CCCCN=C1S[C@@H](C(=O)Nc2ccc(C(=O)[O-])cc2)CC(=O)N1CCCC. The number of benzene rings is 1. The summed E-state index contributed by atoms with van der Waals surface area (Å²) in [4.78, 5) is 42.3. The molecule has 0 spiro atoms. The van der Waals surface area contributed by atoms with Crippen LogP contribution in [0.25, 0.3) is 0 Å². The maximum absolute atomic E-state index is 12.6. The average molecular weight is 405 g/mol. The number of carbonyl (C=O) groups excluding carboxylic acids is 3. The summed E-state index contributed by atoms with van der Waals surface area (Å²) < 4.78 is 0. The molecule has 2 amide bonds. The zero-order chi connectivity index (χ0) is 20.5. The van der Waals surface area contributed by atoms with Crippen molar-refractivity contribution in [2.45, 2.75) is 51.2 Å². The highest BCUT2D eigenvalue weighted by atomic mass is 32.2. The van der Waals surface area contributed by atoms with Crippen LogP contribution in [0, 0.1) is 0 Å². The number of rotatable bonds is 9.